The Balaban J connectivity index is 1.60. The predicted octanol–water partition coefficient (Wildman–Crippen LogP) is 4.95. The fourth-order valence-electron chi connectivity index (χ4n) is 4.76. The summed E-state index contributed by atoms with van der Waals surface area (Å²) in [7, 11) is 0. The molecule has 2 fully saturated rings. The van der Waals surface area contributed by atoms with Crippen LogP contribution in [0.15, 0.2) is 0 Å². The van der Waals surface area contributed by atoms with Gasteiger partial charge in [-0.2, -0.15) is 0 Å². The van der Waals surface area contributed by atoms with E-state index in [1.165, 1.54) is 71.1 Å². The highest BCUT2D eigenvalue weighted by Gasteiger charge is 2.33. The van der Waals surface area contributed by atoms with Gasteiger partial charge in [0.2, 0.25) is 0 Å². The standard InChI is InChI=1S/C22H44N2O/c1-18(2)23-15-16-24(22(5,6)17-23)14-8-7-9-20-10-12-21(13-11-20)25-19(3)4/h18-21H,7-17H2,1-6H3/t20-,21-. The van der Waals surface area contributed by atoms with Crippen molar-refractivity contribution in [1.82, 2.24) is 9.80 Å². The molecule has 1 saturated heterocycles. The van der Waals surface area contributed by atoms with E-state index in [0.29, 0.717) is 23.8 Å². The largest absolute Gasteiger partial charge is 0.376 e. The van der Waals surface area contributed by atoms with Gasteiger partial charge in [0, 0.05) is 31.2 Å². The molecule has 2 aliphatic rings. The average molecular weight is 353 g/mol. The summed E-state index contributed by atoms with van der Waals surface area (Å²) in [6.07, 6.45) is 10.5. The molecule has 0 atom stereocenters. The number of piperazine rings is 1. The van der Waals surface area contributed by atoms with Crippen molar-refractivity contribution >= 4 is 0 Å². The van der Waals surface area contributed by atoms with Gasteiger partial charge in [-0.05, 0) is 86.1 Å². The minimum atomic E-state index is 0.328. The van der Waals surface area contributed by atoms with Crippen LogP contribution in [0.5, 0.6) is 0 Å². The van der Waals surface area contributed by atoms with Crippen molar-refractivity contribution < 1.29 is 4.74 Å². The highest BCUT2D eigenvalue weighted by molar-refractivity contribution is 4.91. The summed E-state index contributed by atoms with van der Waals surface area (Å²) in [5.74, 6) is 0.956. The van der Waals surface area contributed by atoms with Crippen LogP contribution < -0.4 is 0 Å². The van der Waals surface area contributed by atoms with Crippen LogP contribution in [-0.2, 0) is 4.74 Å². The number of rotatable bonds is 8. The summed E-state index contributed by atoms with van der Waals surface area (Å²) < 4.78 is 5.98. The lowest BCUT2D eigenvalue weighted by Crippen LogP contribution is -2.60. The normalized spacial score (nSPS) is 28.8. The van der Waals surface area contributed by atoms with Gasteiger partial charge in [-0.25, -0.2) is 0 Å². The van der Waals surface area contributed by atoms with E-state index in [4.69, 9.17) is 4.74 Å². The maximum atomic E-state index is 5.98. The fraction of sp³-hybridized carbons (Fsp3) is 1.00. The molecule has 1 saturated carbocycles. The van der Waals surface area contributed by atoms with Crippen molar-refractivity contribution in [3.8, 4) is 0 Å². The van der Waals surface area contributed by atoms with Crippen molar-refractivity contribution in [2.75, 3.05) is 26.2 Å². The van der Waals surface area contributed by atoms with Crippen molar-refractivity contribution in [3.63, 3.8) is 0 Å². The third-order valence-corrected chi connectivity index (χ3v) is 6.38. The van der Waals surface area contributed by atoms with Crippen LogP contribution in [0.25, 0.3) is 0 Å². The number of ether oxygens (including phenoxy) is 1. The maximum Gasteiger partial charge on any atom is 0.0578 e. The minimum Gasteiger partial charge on any atom is -0.376 e. The quantitative estimate of drug-likeness (QED) is 0.575. The first-order valence-corrected chi connectivity index (χ1v) is 10.9. The Morgan fingerprint density at radius 3 is 2.20 bits per heavy atom. The summed E-state index contributed by atoms with van der Waals surface area (Å²) in [5, 5.41) is 0. The second-order valence-corrected chi connectivity index (χ2v) is 9.69. The molecule has 1 heterocycles. The highest BCUT2D eigenvalue weighted by atomic mass is 16.5. The van der Waals surface area contributed by atoms with Crippen LogP contribution in [0, 0.1) is 5.92 Å². The molecule has 0 radical (unpaired) electrons. The molecule has 1 aliphatic carbocycles. The topological polar surface area (TPSA) is 15.7 Å². The second-order valence-electron chi connectivity index (χ2n) is 9.69. The first kappa shape index (κ1) is 21.2. The summed E-state index contributed by atoms with van der Waals surface area (Å²) in [4.78, 5) is 5.37. The third kappa shape index (κ3) is 6.84. The van der Waals surface area contributed by atoms with E-state index in [2.05, 4.69) is 51.3 Å². The van der Waals surface area contributed by atoms with E-state index in [1.807, 2.05) is 0 Å². The Hall–Kier alpha value is -0.120. The van der Waals surface area contributed by atoms with Crippen LogP contribution in [-0.4, -0.2) is 59.8 Å². The van der Waals surface area contributed by atoms with Crippen LogP contribution in [0.4, 0.5) is 0 Å². The molecule has 3 heteroatoms. The first-order valence-electron chi connectivity index (χ1n) is 10.9. The van der Waals surface area contributed by atoms with E-state index in [0.717, 1.165) is 5.92 Å². The fourth-order valence-corrected chi connectivity index (χ4v) is 4.76. The zero-order chi connectivity index (χ0) is 18.4. The van der Waals surface area contributed by atoms with Crippen LogP contribution in [0.1, 0.15) is 86.5 Å². The van der Waals surface area contributed by atoms with Gasteiger partial charge in [0.1, 0.15) is 0 Å². The Morgan fingerprint density at radius 2 is 1.64 bits per heavy atom. The number of nitrogens with zero attached hydrogens (tertiary/aromatic N) is 2. The van der Waals surface area contributed by atoms with Gasteiger partial charge in [-0.1, -0.05) is 12.8 Å². The van der Waals surface area contributed by atoms with Crippen molar-refractivity contribution in [3.05, 3.63) is 0 Å². The molecule has 0 spiro atoms. The monoisotopic (exact) mass is 352 g/mol. The van der Waals surface area contributed by atoms with Gasteiger partial charge in [0.05, 0.1) is 12.2 Å². The van der Waals surface area contributed by atoms with Gasteiger partial charge >= 0.3 is 0 Å². The summed E-state index contributed by atoms with van der Waals surface area (Å²) in [6, 6.07) is 0.677. The van der Waals surface area contributed by atoms with E-state index < -0.39 is 0 Å². The molecule has 0 unspecified atom stereocenters. The molecule has 148 valence electrons. The van der Waals surface area contributed by atoms with Crippen molar-refractivity contribution in [1.29, 1.82) is 0 Å². The van der Waals surface area contributed by atoms with Crippen molar-refractivity contribution in [2.45, 2.75) is 110 Å². The molecule has 1 aliphatic heterocycles. The van der Waals surface area contributed by atoms with Gasteiger partial charge in [0.15, 0.2) is 0 Å². The van der Waals surface area contributed by atoms with Gasteiger partial charge in [-0.15, -0.1) is 0 Å². The van der Waals surface area contributed by atoms with Crippen molar-refractivity contribution in [2.24, 2.45) is 5.92 Å². The number of hydrogen-bond acceptors (Lipinski definition) is 3. The second kappa shape index (κ2) is 9.71. The molecule has 0 aromatic heterocycles. The zero-order valence-electron chi connectivity index (χ0n) is 17.9. The lowest BCUT2D eigenvalue weighted by atomic mass is 9.84. The lowest BCUT2D eigenvalue weighted by molar-refractivity contribution is -0.0206. The predicted molar refractivity (Wildman–Crippen MR) is 108 cm³/mol. The molecule has 0 bridgehead atoms. The molecule has 0 aromatic rings. The summed E-state index contributed by atoms with van der Waals surface area (Å²) in [6.45, 7) is 18.8. The van der Waals surface area contributed by atoms with Crippen LogP contribution >= 0.6 is 0 Å². The molecular weight excluding hydrogens is 308 g/mol. The SMILES string of the molecule is CC(C)O[C@H]1CC[C@H](CCCCN2CCN(C(C)C)CC2(C)C)CC1. The Kier molecular flexibility index (Phi) is 8.23. The average Bonchev–Trinajstić information content (AvgIpc) is 2.53. The molecular formula is C22H44N2O. The molecule has 2 rings (SSSR count). The highest BCUT2D eigenvalue weighted by Crippen LogP contribution is 2.30. The lowest BCUT2D eigenvalue weighted by Gasteiger charge is -2.48. The van der Waals surface area contributed by atoms with E-state index in [1.54, 1.807) is 0 Å². The molecule has 25 heavy (non-hydrogen) atoms. The van der Waals surface area contributed by atoms with Gasteiger partial charge in [0.25, 0.3) is 0 Å². The Morgan fingerprint density at radius 1 is 0.960 bits per heavy atom. The molecule has 0 N–H and O–H groups in total. The Labute approximate surface area is 157 Å². The number of unbranched alkanes of at least 4 members (excludes halogenated alkanes) is 1. The van der Waals surface area contributed by atoms with Crippen LogP contribution in [0.2, 0.25) is 0 Å². The summed E-state index contributed by atoms with van der Waals surface area (Å²) >= 11 is 0. The van der Waals surface area contributed by atoms with Gasteiger partial charge < -0.3 is 4.74 Å². The minimum absolute atomic E-state index is 0.328. The molecule has 0 aromatic carbocycles. The maximum absolute atomic E-state index is 5.98. The molecule has 3 nitrogen and oxygen atoms in total. The van der Waals surface area contributed by atoms with E-state index >= 15 is 0 Å². The third-order valence-electron chi connectivity index (χ3n) is 6.38. The summed E-state index contributed by atoms with van der Waals surface area (Å²) in [5.41, 5.74) is 0.328. The van der Waals surface area contributed by atoms with E-state index in [9.17, 15) is 0 Å². The zero-order valence-corrected chi connectivity index (χ0v) is 17.9. The van der Waals surface area contributed by atoms with Gasteiger partial charge in [-0.3, -0.25) is 9.80 Å². The molecule has 0 amide bonds. The van der Waals surface area contributed by atoms with Crippen LogP contribution in [0.3, 0.4) is 0 Å². The van der Waals surface area contributed by atoms with E-state index in [-0.39, 0.29) is 0 Å². The first-order chi connectivity index (χ1) is 11.8. The number of hydrogen-bond donors (Lipinski definition) is 0. The Bertz CT molecular complexity index is 372. The smallest absolute Gasteiger partial charge is 0.0578 e.